The minimum absolute atomic E-state index is 0.0400. The van der Waals surface area contributed by atoms with E-state index in [9.17, 15) is 4.79 Å². The van der Waals surface area contributed by atoms with Crippen molar-refractivity contribution < 1.29 is 4.79 Å². The van der Waals surface area contributed by atoms with Crippen molar-refractivity contribution in [3.8, 4) is 0 Å². The number of H-pyrrole nitrogens is 1. The molecule has 1 aliphatic heterocycles. The zero-order valence-electron chi connectivity index (χ0n) is 11.9. The fraction of sp³-hybridized carbons (Fsp3) is 0.500. The van der Waals surface area contributed by atoms with E-state index in [0.29, 0.717) is 12.4 Å². The summed E-state index contributed by atoms with van der Waals surface area (Å²) < 4.78 is 1.66. The number of aromatic amines is 1. The summed E-state index contributed by atoms with van der Waals surface area (Å²) in [5, 5.41) is 13.6. The molecule has 0 bridgehead atoms. The van der Waals surface area contributed by atoms with E-state index < -0.39 is 0 Å². The van der Waals surface area contributed by atoms with Gasteiger partial charge in [0.15, 0.2) is 5.82 Å². The second-order valence-electron chi connectivity index (χ2n) is 5.00. The highest BCUT2D eigenvalue weighted by molar-refractivity contribution is 5.91. The van der Waals surface area contributed by atoms with Crippen LogP contribution in [0.3, 0.4) is 0 Å². The van der Waals surface area contributed by atoms with Gasteiger partial charge in [0.2, 0.25) is 11.9 Å². The van der Waals surface area contributed by atoms with Crippen molar-refractivity contribution in [2.24, 2.45) is 7.05 Å². The first-order valence-corrected chi connectivity index (χ1v) is 6.83. The SMILES string of the molecule is Cn1ccc(NC(=O)CN2CCN(c3ncn[nH]3)CC2)n1. The Kier molecular flexibility index (Phi) is 3.82. The third kappa shape index (κ3) is 3.37. The molecule has 0 spiro atoms. The molecule has 2 aromatic heterocycles. The van der Waals surface area contributed by atoms with E-state index in [2.05, 4.69) is 35.4 Å². The molecule has 0 atom stereocenters. The first-order valence-electron chi connectivity index (χ1n) is 6.83. The Labute approximate surface area is 121 Å². The van der Waals surface area contributed by atoms with Crippen LogP contribution in [0.5, 0.6) is 0 Å². The molecule has 0 aliphatic carbocycles. The maximum atomic E-state index is 12.0. The highest BCUT2D eigenvalue weighted by Gasteiger charge is 2.20. The third-order valence-corrected chi connectivity index (χ3v) is 3.42. The molecule has 0 unspecified atom stereocenters. The number of hydrogen-bond acceptors (Lipinski definition) is 6. The summed E-state index contributed by atoms with van der Waals surface area (Å²) in [6, 6.07) is 1.78. The van der Waals surface area contributed by atoms with Crippen molar-refractivity contribution >= 4 is 17.7 Å². The summed E-state index contributed by atoms with van der Waals surface area (Å²) in [7, 11) is 1.82. The number of amides is 1. The van der Waals surface area contributed by atoms with Crippen LogP contribution in [0, 0.1) is 0 Å². The molecule has 9 nitrogen and oxygen atoms in total. The molecule has 21 heavy (non-hydrogen) atoms. The number of aromatic nitrogens is 5. The zero-order valence-corrected chi connectivity index (χ0v) is 11.9. The minimum Gasteiger partial charge on any atom is -0.339 e. The lowest BCUT2D eigenvalue weighted by Crippen LogP contribution is -2.49. The van der Waals surface area contributed by atoms with E-state index in [1.54, 1.807) is 16.9 Å². The van der Waals surface area contributed by atoms with E-state index in [1.165, 1.54) is 6.33 Å². The lowest BCUT2D eigenvalue weighted by Gasteiger charge is -2.33. The Hall–Kier alpha value is -2.42. The fourth-order valence-electron chi connectivity index (χ4n) is 2.34. The number of nitrogens with one attached hydrogen (secondary N) is 2. The smallest absolute Gasteiger partial charge is 0.239 e. The van der Waals surface area contributed by atoms with Gasteiger partial charge in [-0.15, -0.1) is 0 Å². The number of aryl methyl sites for hydroxylation is 1. The molecule has 3 rings (SSSR count). The Morgan fingerprint density at radius 3 is 2.81 bits per heavy atom. The molecule has 2 N–H and O–H groups in total. The molecule has 1 aliphatic rings. The summed E-state index contributed by atoms with van der Waals surface area (Å²) in [6.07, 6.45) is 3.30. The monoisotopic (exact) mass is 290 g/mol. The number of nitrogens with zero attached hydrogens (tertiary/aromatic N) is 6. The van der Waals surface area contributed by atoms with E-state index >= 15 is 0 Å². The van der Waals surface area contributed by atoms with Gasteiger partial charge in [0.05, 0.1) is 6.54 Å². The normalized spacial score (nSPS) is 16.1. The molecule has 2 aromatic rings. The average molecular weight is 290 g/mol. The summed E-state index contributed by atoms with van der Waals surface area (Å²) in [5.41, 5.74) is 0. The predicted octanol–water partition coefficient (Wildman–Crippen LogP) is -0.701. The third-order valence-electron chi connectivity index (χ3n) is 3.42. The summed E-state index contributed by atoms with van der Waals surface area (Å²) in [5.74, 6) is 1.33. The first kappa shape index (κ1) is 13.6. The Bertz CT molecular complexity index is 584. The highest BCUT2D eigenvalue weighted by Crippen LogP contribution is 2.09. The van der Waals surface area contributed by atoms with E-state index in [-0.39, 0.29) is 5.91 Å². The highest BCUT2D eigenvalue weighted by atomic mass is 16.2. The Balaban J connectivity index is 1.45. The Morgan fingerprint density at radius 2 is 2.19 bits per heavy atom. The van der Waals surface area contributed by atoms with Gasteiger partial charge in [-0.2, -0.15) is 15.2 Å². The van der Waals surface area contributed by atoms with Crippen molar-refractivity contribution in [3.05, 3.63) is 18.6 Å². The second-order valence-corrected chi connectivity index (χ2v) is 5.00. The summed E-state index contributed by atoms with van der Waals surface area (Å²) in [4.78, 5) is 20.3. The number of carbonyl (C=O) groups excluding carboxylic acids is 1. The largest absolute Gasteiger partial charge is 0.339 e. The number of anilines is 2. The van der Waals surface area contributed by atoms with Gasteiger partial charge >= 0.3 is 0 Å². The quantitative estimate of drug-likeness (QED) is 0.773. The molecular weight excluding hydrogens is 272 g/mol. The van der Waals surface area contributed by atoms with Crippen molar-refractivity contribution in [3.63, 3.8) is 0 Å². The summed E-state index contributed by atoms with van der Waals surface area (Å²) >= 11 is 0. The number of hydrogen-bond donors (Lipinski definition) is 2. The van der Waals surface area contributed by atoms with Crippen molar-refractivity contribution in [1.82, 2.24) is 29.9 Å². The van der Waals surface area contributed by atoms with Gasteiger partial charge in [-0.25, -0.2) is 5.10 Å². The molecule has 1 amide bonds. The maximum absolute atomic E-state index is 12.0. The van der Waals surface area contributed by atoms with Crippen LogP contribution in [0.1, 0.15) is 0 Å². The first-order chi connectivity index (χ1) is 10.2. The molecule has 1 saturated heterocycles. The van der Waals surface area contributed by atoms with Crippen LogP contribution in [0.2, 0.25) is 0 Å². The number of rotatable bonds is 4. The van der Waals surface area contributed by atoms with Gasteiger partial charge < -0.3 is 10.2 Å². The van der Waals surface area contributed by atoms with Gasteiger partial charge in [-0.05, 0) is 0 Å². The van der Waals surface area contributed by atoms with Crippen molar-refractivity contribution in [1.29, 1.82) is 0 Å². The average Bonchev–Trinajstić information content (AvgIpc) is 3.11. The molecule has 0 radical (unpaired) electrons. The maximum Gasteiger partial charge on any atom is 0.239 e. The predicted molar refractivity (Wildman–Crippen MR) is 76.9 cm³/mol. The molecule has 9 heteroatoms. The van der Waals surface area contributed by atoms with Crippen LogP contribution >= 0.6 is 0 Å². The lowest BCUT2D eigenvalue weighted by atomic mass is 10.3. The zero-order chi connectivity index (χ0) is 14.7. The molecule has 0 aromatic carbocycles. The standard InChI is InChI=1S/C12H18N8O/c1-18-3-2-10(17-18)15-11(21)8-19-4-6-20(7-5-19)12-13-9-14-16-12/h2-3,9H,4-8H2,1H3,(H,13,14,16)(H,15,17,21). The van der Waals surface area contributed by atoms with Gasteiger partial charge in [0, 0.05) is 45.5 Å². The van der Waals surface area contributed by atoms with Crippen LogP contribution < -0.4 is 10.2 Å². The lowest BCUT2D eigenvalue weighted by molar-refractivity contribution is -0.117. The second kappa shape index (κ2) is 5.92. The molecule has 112 valence electrons. The van der Waals surface area contributed by atoms with Gasteiger partial charge in [-0.3, -0.25) is 14.4 Å². The van der Waals surface area contributed by atoms with Crippen molar-refractivity contribution in [2.75, 3.05) is 42.9 Å². The van der Waals surface area contributed by atoms with Crippen molar-refractivity contribution in [2.45, 2.75) is 0 Å². The van der Waals surface area contributed by atoms with Crippen LogP contribution in [-0.4, -0.2) is 68.5 Å². The van der Waals surface area contributed by atoms with Gasteiger partial charge in [-0.1, -0.05) is 0 Å². The Morgan fingerprint density at radius 1 is 1.38 bits per heavy atom. The minimum atomic E-state index is -0.0400. The van der Waals surface area contributed by atoms with E-state index in [0.717, 1.165) is 32.1 Å². The number of piperazine rings is 1. The topological polar surface area (TPSA) is 95.0 Å². The number of carbonyl (C=O) groups is 1. The van der Waals surface area contributed by atoms with E-state index in [1.807, 2.05) is 7.05 Å². The van der Waals surface area contributed by atoms with E-state index in [4.69, 9.17) is 0 Å². The molecule has 0 saturated carbocycles. The molecule has 1 fully saturated rings. The summed E-state index contributed by atoms with van der Waals surface area (Å²) in [6.45, 7) is 3.66. The van der Waals surface area contributed by atoms with Crippen LogP contribution in [-0.2, 0) is 11.8 Å². The molecule has 3 heterocycles. The van der Waals surface area contributed by atoms with Gasteiger partial charge in [0.25, 0.3) is 0 Å². The van der Waals surface area contributed by atoms with Crippen LogP contribution in [0.15, 0.2) is 18.6 Å². The van der Waals surface area contributed by atoms with Gasteiger partial charge in [0.1, 0.15) is 6.33 Å². The van der Waals surface area contributed by atoms with Crippen LogP contribution in [0.25, 0.3) is 0 Å². The van der Waals surface area contributed by atoms with Crippen LogP contribution in [0.4, 0.5) is 11.8 Å². The fourth-order valence-corrected chi connectivity index (χ4v) is 2.34. The molecular formula is C12H18N8O.